The summed E-state index contributed by atoms with van der Waals surface area (Å²) in [6, 6.07) is 9.64. The van der Waals surface area contributed by atoms with Gasteiger partial charge in [0.15, 0.2) is 0 Å². The van der Waals surface area contributed by atoms with E-state index in [0.29, 0.717) is 15.9 Å². The average molecular weight is 291 g/mol. The number of hydrogen-bond acceptors (Lipinski definition) is 1. The summed E-state index contributed by atoms with van der Waals surface area (Å²) < 4.78 is 0. The third-order valence-electron chi connectivity index (χ3n) is 3.12. The van der Waals surface area contributed by atoms with Crippen LogP contribution in [0.25, 0.3) is 22.4 Å². The summed E-state index contributed by atoms with van der Waals surface area (Å²) in [5.74, 6) is 0.708. The van der Waals surface area contributed by atoms with E-state index in [2.05, 4.69) is 29.0 Å². The predicted molar refractivity (Wildman–Crippen MR) is 81.0 cm³/mol. The van der Waals surface area contributed by atoms with Gasteiger partial charge in [0.1, 0.15) is 5.82 Å². The summed E-state index contributed by atoms with van der Waals surface area (Å²) in [5.41, 5.74) is 5.05. The zero-order valence-corrected chi connectivity index (χ0v) is 12.1. The molecule has 3 rings (SSSR count). The van der Waals surface area contributed by atoms with Gasteiger partial charge in [-0.15, -0.1) is 0 Å². The molecule has 4 heteroatoms. The van der Waals surface area contributed by atoms with Gasteiger partial charge < -0.3 is 4.98 Å². The Balaban J connectivity index is 2.30. The van der Waals surface area contributed by atoms with Crippen molar-refractivity contribution in [3.05, 3.63) is 51.5 Å². The van der Waals surface area contributed by atoms with Crippen LogP contribution in [0.1, 0.15) is 11.1 Å². The van der Waals surface area contributed by atoms with Crippen molar-refractivity contribution in [1.29, 1.82) is 0 Å². The normalized spacial score (nSPS) is 11.2. The van der Waals surface area contributed by atoms with Crippen molar-refractivity contribution in [3.8, 4) is 11.4 Å². The molecule has 0 amide bonds. The molecular weight excluding hydrogens is 279 g/mol. The molecule has 0 aliphatic carbocycles. The third kappa shape index (κ3) is 2.11. The third-order valence-corrected chi connectivity index (χ3v) is 3.75. The van der Waals surface area contributed by atoms with E-state index in [1.54, 1.807) is 0 Å². The van der Waals surface area contributed by atoms with Crippen LogP contribution in [0.15, 0.2) is 30.3 Å². The van der Waals surface area contributed by atoms with Gasteiger partial charge >= 0.3 is 0 Å². The van der Waals surface area contributed by atoms with E-state index in [0.717, 1.165) is 22.2 Å². The van der Waals surface area contributed by atoms with Gasteiger partial charge in [-0.3, -0.25) is 0 Å². The molecule has 0 atom stereocenters. The highest BCUT2D eigenvalue weighted by Gasteiger charge is 2.13. The fourth-order valence-electron chi connectivity index (χ4n) is 2.31. The number of aryl methyl sites for hydroxylation is 2. The summed E-state index contributed by atoms with van der Waals surface area (Å²) in [5, 5.41) is 1.20. The Morgan fingerprint density at radius 3 is 2.42 bits per heavy atom. The van der Waals surface area contributed by atoms with Gasteiger partial charge in [0, 0.05) is 0 Å². The Hall–Kier alpha value is -1.51. The van der Waals surface area contributed by atoms with E-state index in [1.165, 1.54) is 5.56 Å². The molecule has 0 aliphatic heterocycles. The second-order valence-corrected chi connectivity index (χ2v) is 5.47. The first kappa shape index (κ1) is 12.5. The molecule has 0 radical (unpaired) electrons. The highest BCUT2D eigenvalue weighted by molar-refractivity contribution is 6.39. The number of halogens is 2. The topological polar surface area (TPSA) is 28.7 Å². The van der Waals surface area contributed by atoms with Crippen LogP contribution in [-0.2, 0) is 0 Å². The molecular formula is C15H12Cl2N2. The van der Waals surface area contributed by atoms with E-state index in [-0.39, 0.29) is 0 Å². The van der Waals surface area contributed by atoms with Crippen LogP contribution < -0.4 is 0 Å². The van der Waals surface area contributed by atoms with E-state index < -0.39 is 0 Å². The second-order valence-electron chi connectivity index (χ2n) is 4.66. The molecule has 19 heavy (non-hydrogen) atoms. The molecule has 0 saturated heterocycles. The van der Waals surface area contributed by atoms with Crippen molar-refractivity contribution in [2.75, 3.05) is 0 Å². The van der Waals surface area contributed by atoms with Crippen LogP contribution in [0, 0.1) is 13.8 Å². The molecule has 0 unspecified atom stereocenters. The first-order chi connectivity index (χ1) is 9.06. The maximum absolute atomic E-state index is 6.22. The molecule has 2 nitrogen and oxygen atoms in total. The zero-order chi connectivity index (χ0) is 13.6. The molecule has 0 spiro atoms. The summed E-state index contributed by atoms with van der Waals surface area (Å²) >= 11 is 12.4. The number of aromatic amines is 1. The van der Waals surface area contributed by atoms with E-state index in [1.807, 2.05) is 25.1 Å². The SMILES string of the molecule is Cc1cc(C)c2nc(-c3c(Cl)cccc3Cl)[nH]c2c1. The van der Waals surface area contributed by atoms with Crippen molar-refractivity contribution in [3.63, 3.8) is 0 Å². The average Bonchev–Trinajstić information content (AvgIpc) is 2.72. The van der Waals surface area contributed by atoms with Crippen LogP contribution in [0.3, 0.4) is 0 Å². The largest absolute Gasteiger partial charge is 0.338 e. The molecule has 1 heterocycles. The quantitative estimate of drug-likeness (QED) is 0.659. The molecule has 1 aromatic heterocycles. The Kier molecular flexibility index (Phi) is 3.00. The summed E-state index contributed by atoms with van der Waals surface area (Å²) in [4.78, 5) is 7.92. The van der Waals surface area contributed by atoms with Gasteiger partial charge in [0.05, 0.1) is 26.6 Å². The minimum Gasteiger partial charge on any atom is -0.338 e. The number of nitrogens with one attached hydrogen (secondary N) is 1. The maximum atomic E-state index is 6.22. The lowest BCUT2D eigenvalue weighted by Gasteiger charge is -2.02. The van der Waals surface area contributed by atoms with Crippen molar-refractivity contribution < 1.29 is 0 Å². The van der Waals surface area contributed by atoms with Gasteiger partial charge in [0.2, 0.25) is 0 Å². The highest BCUT2D eigenvalue weighted by Crippen LogP contribution is 2.34. The molecule has 0 aliphatic rings. The van der Waals surface area contributed by atoms with Gasteiger partial charge in [0.25, 0.3) is 0 Å². The first-order valence-corrected chi connectivity index (χ1v) is 6.73. The van der Waals surface area contributed by atoms with Crippen LogP contribution in [-0.4, -0.2) is 9.97 Å². The second kappa shape index (κ2) is 4.55. The zero-order valence-electron chi connectivity index (χ0n) is 10.6. The first-order valence-electron chi connectivity index (χ1n) is 5.97. The molecule has 2 aromatic carbocycles. The number of fused-ring (bicyclic) bond motifs is 1. The lowest BCUT2D eigenvalue weighted by atomic mass is 10.1. The lowest BCUT2D eigenvalue weighted by Crippen LogP contribution is -1.83. The van der Waals surface area contributed by atoms with Gasteiger partial charge in [-0.25, -0.2) is 4.98 Å². The van der Waals surface area contributed by atoms with Gasteiger partial charge in [-0.05, 0) is 43.2 Å². The van der Waals surface area contributed by atoms with Crippen molar-refractivity contribution in [2.45, 2.75) is 13.8 Å². The summed E-state index contributed by atoms with van der Waals surface area (Å²) in [7, 11) is 0. The number of nitrogens with zero attached hydrogens (tertiary/aromatic N) is 1. The Morgan fingerprint density at radius 2 is 1.74 bits per heavy atom. The van der Waals surface area contributed by atoms with E-state index >= 15 is 0 Å². The number of aromatic nitrogens is 2. The number of benzene rings is 2. The van der Waals surface area contributed by atoms with Crippen LogP contribution >= 0.6 is 23.2 Å². The standard InChI is InChI=1S/C15H12Cl2N2/c1-8-6-9(2)14-12(7-8)18-15(19-14)13-10(16)4-3-5-11(13)17/h3-7H,1-2H3,(H,18,19). The molecule has 0 bridgehead atoms. The summed E-state index contributed by atoms with van der Waals surface area (Å²) in [6.45, 7) is 4.11. The molecule has 0 saturated carbocycles. The van der Waals surface area contributed by atoms with Crippen molar-refractivity contribution >= 4 is 34.2 Å². The highest BCUT2D eigenvalue weighted by atomic mass is 35.5. The van der Waals surface area contributed by atoms with Crippen molar-refractivity contribution in [1.82, 2.24) is 9.97 Å². The monoisotopic (exact) mass is 290 g/mol. The predicted octanol–water partition coefficient (Wildman–Crippen LogP) is 5.15. The fourth-order valence-corrected chi connectivity index (χ4v) is 2.89. The van der Waals surface area contributed by atoms with Crippen LogP contribution in [0.2, 0.25) is 10.0 Å². The molecule has 1 N–H and O–H groups in total. The maximum Gasteiger partial charge on any atom is 0.141 e. The molecule has 96 valence electrons. The van der Waals surface area contributed by atoms with Crippen LogP contribution in [0.4, 0.5) is 0 Å². The lowest BCUT2D eigenvalue weighted by molar-refractivity contribution is 1.33. The summed E-state index contributed by atoms with van der Waals surface area (Å²) in [6.07, 6.45) is 0. The number of rotatable bonds is 1. The number of imidazole rings is 1. The van der Waals surface area contributed by atoms with Crippen molar-refractivity contribution in [2.24, 2.45) is 0 Å². The Bertz CT molecular complexity index is 755. The Morgan fingerprint density at radius 1 is 1.05 bits per heavy atom. The minimum atomic E-state index is 0.598. The molecule has 3 aromatic rings. The Labute approximate surface area is 121 Å². The van der Waals surface area contributed by atoms with E-state index in [9.17, 15) is 0 Å². The number of H-pyrrole nitrogens is 1. The smallest absolute Gasteiger partial charge is 0.141 e. The number of hydrogen-bond donors (Lipinski definition) is 1. The van der Waals surface area contributed by atoms with Gasteiger partial charge in [-0.2, -0.15) is 0 Å². The fraction of sp³-hybridized carbons (Fsp3) is 0.133. The van der Waals surface area contributed by atoms with E-state index in [4.69, 9.17) is 23.2 Å². The minimum absolute atomic E-state index is 0.598. The van der Waals surface area contributed by atoms with Gasteiger partial charge in [-0.1, -0.05) is 35.3 Å². The van der Waals surface area contributed by atoms with Crippen LogP contribution in [0.5, 0.6) is 0 Å². The molecule has 0 fully saturated rings.